The van der Waals surface area contributed by atoms with Crippen molar-refractivity contribution in [2.24, 2.45) is 5.41 Å². The van der Waals surface area contributed by atoms with Gasteiger partial charge in [-0.3, -0.25) is 0 Å². The van der Waals surface area contributed by atoms with Crippen LogP contribution in [0.3, 0.4) is 0 Å². The Hall–Kier alpha value is -2.78. The van der Waals surface area contributed by atoms with Gasteiger partial charge in [0.15, 0.2) is 0 Å². The van der Waals surface area contributed by atoms with Crippen molar-refractivity contribution in [1.82, 2.24) is 15.6 Å². The molecule has 4 N–H and O–H groups in total. The van der Waals surface area contributed by atoms with Gasteiger partial charge in [-0.25, -0.2) is 18.6 Å². The molecule has 2 aromatic rings. The van der Waals surface area contributed by atoms with Crippen LogP contribution in [-0.2, 0) is 12.8 Å². The number of hydrogen-bond donors (Lipinski definition) is 4. The Morgan fingerprint density at radius 1 is 1.19 bits per heavy atom. The Morgan fingerprint density at radius 3 is 2.47 bits per heavy atom. The zero-order valence-electron chi connectivity index (χ0n) is 21.0. The predicted octanol–water partition coefficient (Wildman–Crippen LogP) is 4.52. The molecule has 9 heteroatoms. The van der Waals surface area contributed by atoms with E-state index in [0.717, 1.165) is 61.4 Å². The number of halogens is 2. The van der Waals surface area contributed by atoms with Crippen LogP contribution in [0.1, 0.15) is 69.2 Å². The monoisotopic (exact) mass is 503 g/mol. The Bertz CT molecular complexity index is 1080. The molecule has 1 aliphatic carbocycles. The number of hydrogen-bond acceptors (Lipinski definition) is 5. The summed E-state index contributed by atoms with van der Waals surface area (Å²) < 4.78 is 33.6. The molecule has 7 nitrogen and oxygen atoms in total. The molecule has 0 bridgehead atoms. The van der Waals surface area contributed by atoms with Crippen molar-refractivity contribution in [1.29, 1.82) is 0 Å². The van der Waals surface area contributed by atoms with Gasteiger partial charge in [-0.2, -0.15) is 0 Å². The number of nitrogens with one attached hydrogen (secondary N) is 2. The van der Waals surface area contributed by atoms with Crippen molar-refractivity contribution >= 4 is 6.09 Å². The average Bonchev–Trinajstić information content (AvgIpc) is 2.73. The fraction of sp³-hybridized carbons (Fsp3) is 0.556. The summed E-state index contributed by atoms with van der Waals surface area (Å²) in [5.74, 6) is -0.911. The minimum Gasteiger partial charge on any atom is -0.471 e. The lowest BCUT2D eigenvalue weighted by Gasteiger charge is -2.47. The van der Waals surface area contributed by atoms with Crippen LogP contribution < -0.4 is 15.4 Å². The van der Waals surface area contributed by atoms with Gasteiger partial charge in [0.05, 0.1) is 12.1 Å². The molecule has 0 radical (unpaired) electrons. The first-order chi connectivity index (χ1) is 16.9. The second-order valence-corrected chi connectivity index (χ2v) is 11.4. The molecular weight excluding hydrogens is 468 g/mol. The Balaban J connectivity index is 1.51. The summed E-state index contributed by atoms with van der Waals surface area (Å²) in [6, 6.07) is 4.04. The highest BCUT2D eigenvalue weighted by atomic mass is 19.1. The van der Waals surface area contributed by atoms with Gasteiger partial charge in [0.1, 0.15) is 17.2 Å². The number of aliphatic hydroxyl groups excluding tert-OH is 1. The van der Waals surface area contributed by atoms with Gasteiger partial charge in [-0.1, -0.05) is 20.8 Å². The third-order valence-electron chi connectivity index (χ3n) is 6.92. The number of amides is 1. The maximum atomic E-state index is 13.7. The van der Waals surface area contributed by atoms with Gasteiger partial charge in [0.25, 0.3) is 0 Å². The summed E-state index contributed by atoms with van der Waals surface area (Å²) in [5.41, 5.74) is 2.10. The normalized spacial score (nSPS) is 20.1. The summed E-state index contributed by atoms with van der Waals surface area (Å²) in [6.45, 7) is 6.57. The molecule has 2 heterocycles. The van der Waals surface area contributed by atoms with E-state index in [0.29, 0.717) is 5.88 Å². The van der Waals surface area contributed by atoms with E-state index in [1.165, 1.54) is 0 Å². The molecule has 1 amide bonds. The van der Waals surface area contributed by atoms with Gasteiger partial charge in [-0.15, -0.1) is 0 Å². The first-order valence-corrected chi connectivity index (χ1v) is 12.5. The standard InChI is InChI=1S/C27H35F2N3O4/c1-26(2,3)12-17-9-20-22(13-27(5-4-6-27)36-24(20)31-14-17)30-15-23(33)21(32-25(34)35)10-16-7-18(28)11-19(29)8-16/h7-9,11,14,21-23,30,32-33H,4-6,10,12-13,15H2,1-3H3,(H,34,35)/t21-,22-,23+/m0/s1. The lowest BCUT2D eigenvalue weighted by Crippen LogP contribution is -2.52. The van der Waals surface area contributed by atoms with Crippen molar-refractivity contribution < 1.29 is 28.5 Å². The van der Waals surface area contributed by atoms with E-state index >= 15 is 0 Å². The second-order valence-electron chi connectivity index (χ2n) is 11.4. The van der Waals surface area contributed by atoms with E-state index in [1.54, 1.807) is 0 Å². The van der Waals surface area contributed by atoms with Crippen LogP contribution in [0.4, 0.5) is 13.6 Å². The summed E-state index contributed by atoms with van der Waals surface area (Å²) in [5, 5.41) is 25.9. The molecule has 0 unspecified atom stereocenters. The molecular formula is C27H35F2N3O4. The van der Waals surface area contributed by atoms with Crippen LogP contribution in [0.25, 0.3) is 0 Å². The number of aliphatic hydroxyl groups is 1. The topological polar surface area (TPSA) is 104 Å². The third kappa shape index (κ3) is 6.50. The van der Waals surface area contributed by atoms with Crippen molar-refractivity contribution in [2.75, 3.05) is 6.54 Å². The number of carboxylic acid groups (broad SMARTS) is 1. The van der Waals surface area contributed by atoms with E-state index < -0.39 is 29.9 Å². The Labute approximate surface area is 210 Å². The number of pyridine rings is 1. The highest BCUT2D eigenvalue weighted by molar-refractivity contribution is 5.65. The summed E-state index contributed by atoms with van der Waals surface area (Å²) in [6.07, 6.45) is 3.87. The van der Waals surface area contributed by atoms with E-state index in [9.17, 15) is 23.8 Å². The van der Waals surface area contributed by atoms with Crippen LogP contribution in [0.2, 0.25) is 0 Å². The Morgan fingerprint density at radius 2 is 1.89 bits per heavy atom. The number of nitrogens with zero attached hydrogens (tertiary/aromatic N) is 1. The first kappa shape index (κ1) is 26.3. The number of aromatic nitrogens is 1. The minimum atomic E-state index is -1.32. The molecule has 1 saturated carbocycles. The molecule has 2 aliphatic rings. The van der Waals surface area contributed by atoms with Crippen molar-refractivity contribution in [3.05, 3.63) is 58.8 Å². The highest BCUT2D eigenvalue weighted by Crippen LogP contribution is 2.48. The van der Waals surface area contributed by atoms with Gasteiger partial charge in [0.2, 0.25) is 5.88 Å². The fourth-order valence-corrected chi connectivity index (χ4v) is 5.18. The zero-order valence-corrected chi connectivity index (χ0v) is 21.0. The number of carbonyl (C=O) groups is 1. The third-order valence-corrected chi connectivity index (χ3v) is 6.92. The van der Waals surface area contributed by atoms with Gasteiger partial charge in [0, 0.05) is 36.8 Å². The number of rotatable bonds is 8. The molecule has 196 valence electrons. The second kappa shape index (κ2) is 10.3. The summed E-state index contributed by atoms with van der Waals surface area (Å²) >= 11 is 0. The number of benzene rings is 1. The van der Waals surface area contributed by atoms with Gasteiger partial charge < -0.3 is 25.6 Å². The molecule has 0 saturated heterocycles. The van der Waals surface area contributed by atoms with Crippen LogP contribution in [0, 0.1) is 17.0 Å². The van der Waals surface area contributed by atoms with E-state index in [1.807, 2.05) is 6.20 Å². The quantitative estimate of drug-likeness (QED) is 0.422. The van der Waals surface area contributed by atoms with Crippen LogP contribution in [0.5, 0.6) is 5.88 Å². The molecule has 1 aromatic carbocycles. The molecule has 4 rings (SSSR count). The largest absolute Gasteiger partial charge is 0.471 e. The first-order valence-electron chi connectivity index (χ1n) is 12.5. The van der Waals surface area contributed by atoms with Gasteiger partial charge >= 0.3 is 6.09 Å². The van der Waals surface area contributed by atoms with E-state index in [2.05, 4.69) is 42.5 Å². The molecule has 1 fully saturated rings. The fourth-order valence-electron chi connectivity index (χ4n) is 5.18. The Kier molecular flexibility index (Phi) is 7.52. The maximum Gasteiger partial charge on any atom is 0.404 e. The molecule has 36 heavy (non-hydrogen) atoms. The lowest BCUT2D eigenvalue weighted by molar-refractivity contribution is -0.0421. The molecule has 1 spiro atoms. The lowest BCUT2D eigenvalue weighted by atomic mass is 9.73. The van der Waals surface area contributed by atoms with Crippen LogP contribution >= 0.6 is 0 Å². The maximum absolute atomic E-state index is 13.7. The molecule has 1 aliphatic heterocycles. The predicted molar refractivity (Wildman–Crippen MR) is 131 cm³/mol. The SMILES string of the molecule is CC(C)(C)Cc1cnc2c(c1)[C@@H](NC[C@@H](O)[C@H](Cc1cc(F)cc(F)c1)NC(=O)O)CC1(CCC1)O2. The summed E-state index contributed by atoms with van der Waals surface area (Å²) in [7, 11) is 0. The van der Waals surface area contributed by atoms with Crippen LogP contribution in [0.15, 0.2) is 30.5 Å². The van der Waals surface area contributed by atoms with E-state index in [4.69, 9.17) is 4.74 Å². The number of fused-ring (bicyclic) bond motifs is 1. The van der Waals surface area contributed by atoms with Crippen molar-refractivity contribution in [3.63, 3.8) is 0 Å². The van der Waals surface area contributed by atoms with Gasteiger partial charge in [-0.05, 0) is 66.8 Å². The van der Waals surface area contributed by atoms with Crippen molar-refractivity contribution in [3.8, 4) is 5.88 Å². The van der Waals surface area contributed by atoms with Crippen LogP contribution in [-0.4, -0.2) is 45.6 Å². The van der Waals surface area contributed by atoms with Crippen molar-refractivity contribution in [2.45, 2.75) is 83.1 Å². The zero-order chi connectivity index (χ0) is 26.1. The smallest absolute Gasteiger partial charge is 0.404 e. The average molecular weight is 504 g/mol. The molecule has 1 aromatic heterocycles. The highest BCUT2D eigenvalue weighted by Gasteiger charge is 2.46. The van der Waals surface area contributed by atoms with E-state index in [-0.39, 0.29) is 35.6 Å². The summed E-state index contributed by atoms with van der Waals surface area (Å²) in [4.78, 5) is 16.0. The minimum absolute atomic E-state index is 0.0601. The number of ether oxygens (including phenoxy) is 1. The molecule has 3 atom stereocenters.